The predicted octanol–water partition coefficient (Wildman–Crippen LogP) is 1.82. The van der Waals surface area contributed by atoms with Crippen LogP contribution in [0.4, 0.5) is 0 Å². The van der Waals surface area contributed by atoms with E-state index < -0.39 is 5.97 Å². The number of aryl methyl sites for hydroxylation is 1. The highest BCUT2D eigenvalue weighted by Gasteiger charge is 2.14. The molecule has 2 rings (SSSR count). The first-order valence-electron chi connectivity index (χ1n) is 5.61. The van der Waals surface area contributed by atoms with Crippen LogP contribution in [-0.2, 0) is 11.2 Å². The minimum atomic E-state index is -0.852. The Kier molecular flexibility index (Phi) is 3.15. The molecule has 0 aliphatic carbocycles. The number of aromatic nitrogens is 1. The summed E-state index contributed by atoms with van der Waals surface area (Å²) in [5.74, 6) is -0.852. The summed E-state index contributed by atoms with van der Waals surface area (Å²) in [6.07, 6.45) is 0.584. The lowest BCUT2D eigenvalue weighted by atomic mass is 10.0. The Bertz CT molecular complexity index is 545. The van der Waals surface area contributed by atoms with Crippen molar-refractivity contribution in [3.63, 3.8) is 0 Å². The normalized spacial score (nSPS) is 12.8. The Morgan fingerprint density at radius 2 is 2.18 bits per heavy atom. The lowest BCUT2D eigenvalue weighted by Crippen LogP contribution is -2.26. The third kappa shape index (κ3) is 2.47. The lowest BCUT2D eigenvalue weighted by molar-refractivity contribution is -0.137. The molecule has 0 radical (unpaired) electrons. The van der Waals surface area contributed by atoms with Crippen LogP contribution < -0.4 is 5.73 Å². The number of benzene rings is 1. The predicted molar refractivity (Wildman–Crippen MR) is 67.0 cm³/mol. The molecule has 17 heavy (non-hydrogen) atoms. The molecule has 4 nitrogen and oxygen atoms in total. The molecular formula is C13H16N2O2. The fourth-order valence-corrected chi connectivity index (χ4v) is 2.16. The summed E-state index contributed by atoms with van der Waals surface area (Å²) in [6, 6.07) is 7.64. The number of carboxylic acids is 1. The quantitative estimate of drug-likeness (QED) is 0.752. The van der Waals surface area contributed by atoms with Crippen molar-refractivity contribution >= 4 is 16.9 Å². The van der Waals surface area contributed by atoms with E-state index in [1.807, 2.05) is 31.2 Å². The van der Waals surface area contributed by atoms with Crippen LogP contribution in [0.15, 0.2) is 24.3 Å². The molecule has 2 aromatic rings. The summed E-state index contributed by atoms with van der Waals surface area (Å²) in [6.45, 7) is 1.99. The number of hydrogen-bond donors (Lipinski definition) is 3. The highest BCUT2D eigenvalue weighted by Crippen LogP contribution is 2.23. The Labute approximate surface area is 99.4 Å². The van der Waals surface area contributed by atoms with Gasteiger partial charge in [0.05, 0.1) is 6.42 Å². The van der Waals surface area contributed by atoms with Crippen LogP contribution >= 0.6 is 0 Å². The molecule has 90 valence electrons. The van der Waals surface area contributed by atoms with Crippen molar-refractivity contribution in [2.45, 2.75) is 25.8 Å². The fraction of sp³-hybridized carbons (Fsp3) is 0.308. The molecule has 0 amide bonds. The van der Waals surface area contributed by atoms with Crippen LogP contribution in [0.25, 0.3) is 10.9 Å². The number of carbonyl (C=O) groups is 1. The number of fused-ring (bicyclic) bond motifs is 1. The number of nitrogens with two attached hydrogens (primary N) is 1. The second-order valence-electron chi connectivity index (χ2n) is 4.34. The Morgan fingerprint density at radius 3 is 2.88 bits per heavy atom. The van der Waals surface area contributed by atoms with Gasteiger partial charge in [-0.25, -0.2) is 0 Å². The van der Waals surface area contributed by atoms with E-state index in [2.05, 4.69) is 4.98 Å². The number of para-hydroxylation sites is 1. The van der Waals surface area contributed by atoms with Gasteiger partial charge in [-0.3, -0.25) is 4.79 Å². The highest BCUT2D eigenvalue weighted by atomic mass is 16.4. The molecule has 0 bridgehead atoms. The van der Waals surface area contributed by atoms with Crippen molar-refractivity contribution in [2.24, 2.45) is 5.73 Å². The maximum atomic E-state index is 10.6. The Morgan fingerprint density at radius 1 is 1.47 bits per heavy atom. The smallest absolute Gasteiger partial charge is 0.304 e. The van der Waals surface area contributed by atoms with E-state index in [-0.39, 0.29) is 12.5 Å². The van der Waals surface area contributed by atoms with E-state index in [1.54, 1.807) is 0 Å². The molecule has 4 heteroatoms. The first-order chi connectivity index (χ1) is 8.08. The van der Waals surface area contributed by atoms with Gasteiger partial charge in [-0.1, -0.05) is 18.2 Å². The van der Waals surface area contributed by atoms with E-state index in [9.17, 15) is 4.79 Å². The summed E-state index contributed by atoms with van der Waals surface area (Å²) in [4.78, 5) is 13.9. The van der Waals surface area contributed by atoms with Gasteiger partial charge in [-0.15, -0.1) is 0 Å². The molecule has 4 N–H and O–H groups in total. The number of rotatable bonds is 4. The van der Waals surface area contributed by atoms with Crippen molar-refractivity contribution in [3.05, 3.63) is 35.5 Å². The van der Waals surface area contributed by atoms with E-state index >= 15 is 0 Å². The summed E-state index contributed by atoms with van der Waals surface area (Å²) in [5.41, 5.74) is 9.08. The molecule has 1 aromatic heterocycles. The number of aliphatic carboxylic acids is 1. The van der Waals surface area contributed by atoms with Gasteiger partial charge < -0.3 is 15.8 Å². The zero-order valence-electron chi connectivity index (χ0n) is 9.73. The second kappa shape index (κ2) is 4.59. The lowest BCUT2D eigenvalue weighted by Gasteiger charge is -2.08. The number of hydrogen-bond acceptors (Lipinski definition) is 2. The molecule has 1 atom stereocenters. The van der Waals surface area contributed by atoms with Gasteiger partial charge in [0.1, 0.15) is 0 Å². The average Bonchev–Trinajstić information content (AvgIpc) is 2.55. The van der Waals surface area contributed by atoms with Crippen molar-refractivity contribution in [1.82, 2.24) is 4.98 Å². The summed E-state index contributed by atoms with van der Waals surface area (Å²) >= 11 is 0. The van der Waals surface area contributed by atoms with Crippen LogP contribution in [0, 0.1) is 6.92 Å². The third-order valence-electron chi connectivity index (χ3n) is 2.93. The summed E-state index contributed by atoms with van der Waals surface area (Å²) in [7, 11) is 0. The third-order valence-corrected chi connectivity index (χ3v) is 2.93. The van der Waals surface area contributed by atoms with Gasteiger partial charge in [0.15, 0.2) is 0 Å². The van der Waals surface area contributed by atoms with Crippen LogP contribution in [0.3, 0.4) is 0 Å². The molecule has 0 saturated carbocycles. The molecule has 1 heterocycles. The number of aromatic amines is 1. The molecule has 0 fully saturated rings. The molecule has 0 spiro atoms. The van der Waals surface area contributed by atoms with Crippen molar-refractivity contribution in [3.8, 4) is 0 Å². The first kappa shape index (κ1) is 11.7. The van der Waals surface area contributed by atoms with E-state index in [0.29, 0.717) is 6.42 Å². The van der Waals surface area contributed by atoms with Gasteiger partial charge in [0.2, 0.25) is 0 Å². The SMILES string of the molecule is Cc1[nH]c2ccccc2c1C[C@H](N)CC(=O)O. The van der Waals surface area contributed by atoms with Crippen LogP contribution in [0.5, 0.6) is 0 Å². The molecule has 1 aromatic carbocycles. The maximum Gasteiger partial charge on any atom is 0.304 e. The minimum Gasteiger partial charge on any atom is -0.481 e. The van der Waals surface area contributed by atoms with Gasteiger partial charge in [-0.05, 0) is 25.0 Å². The molecular weight excluding hydrogens is 216 g/mol. The van der Waals surface area contributed by atoms with Crippen LogP contribution in [0.1, 0.15) is 17.7 Å². The van der Waals surface area contributed by atoms with Crippen LogP contribution in [-0.4, -0.2) is 22.1 Å². The van der Waals surface area contributed by atoms with E-state index in [0.717, 1.165) is 22.2 Å². The summed E-state index contributed by atoms with van der Waals surface area (Å²) in [5, 5.41) is 9.84. The fourth-order valence-electron chi connectivity index (χ4n) is 2.16. The average molecular weight is 232 g/mol. The number of carboxylic acid groups (broad SMARTS) is 1. The number of H-pyrrole nitrogens is 1. The Balaban J connectivity index is 2.29. The maximum absolute atomic E-state index is 10.6. The van der Waals surface area contributed by atoms with Crippen molar-refractivity contribution in [2.75, 3.05) is 0 Å². The largest absolute Gasteiger partial charge is 0.481 e. The summed E-state index contributed by atoms with van der Waals surface area (Å²) < 4.78 is 0. The molecule has 0 aliphatic rings. The Hall–Kier alpha value is -1.81. The van der Waals surface area contributed by atoms with Crippen molar-refractivity contribution in [1.29, 1.82) is 0 Å². The minimum absolute atomic E-state index is 0.00104. The highest BCUT2D eigenvalue weighted by molar-refractivity contribution is 5.84. The van der Waals surface area contributed by atoms with Gasteiger partial charge in [0, 0.05) is 22.6 Å². The molecule has 0 saturated heterocycles. The van der Waals surface area contributed by atoms with Gasteiger partial charge >= 0.3 is 5.97 Å². The van der Waals surface area contributed by atoms with E-state index in [4.69, 9.17) is 10.8 Å². The second-order valence-corrected chi connectivity index (χ2v) is 4.34. The molecule has 0 aliphatic heterocycles. The van der Waals surface area contributed by atoms with Crippen LogP contribution in [0.2, 0.25) is 0 Å². The molecule has 0 unspecified atom stereocenters. The first-order valence-corrected chi connectivity index (χ1v) is 5.61. The van der Waals surface area contributed by atoms with Crippen molar-refractivity contribution < 1.29 is 9.90 Å². The van der Waals surface area contributed by atoms with Gasteiger partial charge in [-0.2, -0.15) is 0 Å². The van der Waals surface area contributed by atoms with Gasteiger partial charge in [0.25, 0.3) is 0 Å². The zero-order valence-corrected chi connectivity index (χ0v) is 9.73. The topological polar surface area (TPSA) is 79.1 Å². The van der Waals surface area contributed by atoms with E-state index in [1.165, 1.54) is 0 Å². The monoisotopic (exact) mass is 232 g/mol. The standard InChI is InChI=1S/C13H16N2O2/c1-8-11(6-9(14)7-13(16)17)10-4-2-3-5-12(10)15-8/h2-5,9,15H,6-7,14H2,1H3,(H,16,17)/t9-/m0/s1. The zero-order chi connectivity index (χ0) is 12.4. The number of nitrogens with one attached hydrogen (secondary N) is 1.